The van der Waals surface area contributed by atoms with Crippen LogP contribution in [0.4, 0.5) is 9.59 Å². The first-order valence-electron chi connectivity index (χ1n) is 9.91. The van der Waals surface area contributed by atoms with Crippen molar-refractivity contribution in [1.82, 2.24) is 20.7 Å². The van der Waals surface area contributed by atoms with E-state index in [-0.39, 0.29) is 29.7 Å². The molecule has 0 aromatic carbocycles. The van der Waals surface area contributed by atoms with Crippen LogP contribution in [0.3, 0.4) is 0 Å². The standard InChI is InChI=1S/C19H30N4O6/c1-18(2,3)29-17(28)23(8-10-6-7-20-14(10)24)21-15(25)13-12-11(19(12,4)5)9-22(13)16(26)27/h10-13H,6-9H2,1-5H3,(H,20,24)(H,21,25)(H,26,27)/t10-,11-,12-,13-/m0/s1. The number of piperidine rings is 1. The lowest BCUT2D eigenvalue weighted by Crippen LogP contribution is -2.57. The average molecular weight is 410 g/mol. The van der Waals surface area contributed by atoms with Gasteiger partial charge in [0, 0.05) is 13.1 Å². The first kappa shape index (κ1) is 21.2. The Bertz CT molecular complexity index is 731. The number of hydrogen-bond acceptors (Lipinski definition) is 5. The third-order valence-electron chi connectivity index (χ3n) is 6.15. The van der Waals surface area contributed by atoms with Crippen LogP contribution in [0.1, 0.15) is 41.0 Å². The largest absolute Gasteiger partial charge is 0.465 e. The maximum Gasteiger partial charge on any atom is 0.429 e. The Morgan fingerprint density at radius 3 is 2.52 bits per heavy atom. The molecule has 2 heterocycles. The minimum atomic E-state index is -1.16. The van der Waals surface area contributed by atoms with Gasteiger partial charge in [0.2, 0.25) is 5.91 Å². The number of rotatable bonds is 3. The van der Waals surface area contributed by atoms with Gasteiger partial charge in [0.15, 0.2) is 0 Å². The number of amides is 4. The molecule has 4 amide bonds. The van der Waals surface area contributed by atoms with Gasteiger partial charge in [-0.1, -0.05) is 13.8 Å². The summed E-state index contributed by atoms with van der Waals surface area (Å²) >= 11 is 0. The van der Waals surface area contributed by atoms with Crippen LogP contribution in [0.5, 0.6) is 0 Å². The molecule has 3 aliphatic rings. The monoisotopic (exact) mass is 410 g/mol. The van der Waals surface area contributed by atoms with Crippen molar-refractivity contribution in [3.05, 3.63) is 0 Å². The number of fused-ring (bicyclic) bond motifs is 1. The minimum absolute atomic E-state index is 0.0379. The lowest BCUT2D eigenvalue weighted by molar-refractivity contribution is -0.132. The van der Waals surface area contributed by atoms with Gasteiger partial charge >= 0.3 is 12.2 Å². The van der Waals surface area contributed by atoms with Crippen molar-refractivity contribution in [2.45, 2.75) is 52.7 Å². The number of hydrogen-bond donors (Lipinski definition) is 3. The molecule has 2 aliphatic heterocycles. The Balaban J connectivity index is 1.76. The van der Waals surface area contributed by atoms with Crippen LogP contribution in [-0.4, -0.2) is 70.3 Å². The van der Waals surface area contributed by atoms with Gasteiger partial charge in [-0.3, -0.25) is 19.9 Å². The van der Waals surface area contributed by atoms with Crippen LogP contribution in [0.15, 0.2) is 0 Å². The number of likely N-dealkylation sites (tertiary alicyclic amines) is 1. The third-order valence-corrected chi connectivity index (χ3v) is 6.15. The maximum atomic E-state index is 13.1. The van der Waals surface area contributed by atoms with Crippen molar-refractivity contribution in [3.8, 4) is 0 Å². The quantitative estimate of drug-likeness (QED) is 0.596. The number of nitrogens with one attached hydrogen (secondary N) is 2. The fourth-order valence-corrected chi connectivity index (χ4v) is 4.50. The molecule has 10 nitrogen and oxygen atoms in total. The Morgan fingerprint density at radius 1 is 1.34 bits per heavy atom. The molecular weight excluding hydrogens is 380 g/mol. The SMILES string of the molecule is CC(C)(C)OC(=O)N(C[C@@H]1CCNC1=O)NC(=O)[C@@H]1[C@@H]2[C@H](CN1C(=O)O)C2(C)C. The van der Waals surface area contributed by atoms with Crippen LogP contribution in [0.25, 0.3) is 0 Å². The zero-order chi connectivity index (χ0) is 21.7. The summed E-state index contributed by atoms with van der Waals surface area (Å²) in [6, 6.07) is -0.880. The normalized spacial score (nSPS) is 29.7. The van der Waals surface area contributed by atoms with E-state index in [1.54, 1.807) is 20.8 Å². The van der Waals surface area contributed by atoms with Crippen molar-refractivity contribution in [2.24, 2.45) is 23.2 Å². The highest BCUT2D eigenvalue weighted by atomic mass is 16.6. The topological polar surface area (TPSA) is 128 Å². The fourth-order valence-electron chi connectivity index (χ4n) is 4.50. The molecule has 2 saturated heterocycles. The molecule has 10 heteroatoms. The molecule has 1 saturated carbocycles. The van der Waals surface area contributed by atoms with Gasteiger partial charge in [-0.15, -0.1) is 0 Å². The van der Waals surface area contributed by atoms with E-state index in [0.29, 0.717) is 19.5 Å². The molecule has 3 fully saturated rings. The van der Waals surface area contributed by atoms with Crippen LogP contribution in [0.2, 0.25) is 0 Å². The number of carbonyl (C=O) groups excluding carboxylic acids is 3. The van der Waals surface area contributed by atoms with Gasteiger partial charge in [-0.05, 0) is 44.4 Å². The van der Waals surface area contributed by atoms with Crippen molar-refractivity contribution in [3.63, 3.8) is 0 Å². The van der Waals surface area contributed by atoms with Crippen LogP contribution in [-0.2, 0) is 14.3 Å². The maximum absolute atomic E-state index is 13.1. The molecule has 0 spiro atoms. The molecular formula is C19H30N4O6. The zero-order valence-electron chi connectivity index (χ0n) is 17.5. The Labute approximate surface area is 169 Å². The summed E-state index contributed by atoms with van der Waals surface area (Å²) in [5.41, 5.74) is 1.62. The first-order valence-corrected chi connectivity index (χ1v) is 9.91. The molecule has 0 unspecified atom stereocenters. The van der Waals surface area contributed by atoms with E-state index in [2.05, 4.69) is 10.7 Å². The second kappa shape index (κ2) is 7.07. The highest BCUT2D eigenvalue weighted by Crippen LogP contribution is 2.64. The molecule has 0 bridgehead atoms. The van der Waals surface area contributed by atoms with E-state index in [1.165, 1.54) is 0 Å². The van der Waals surface area contributed by atoms with Gasteiger partial charge in [-0.2, -0.15) is 0 Å². The summed E-state index contributed by atoms with van der Waals surface area (Å²) in [5.74, 6) is -1.22. The number of carboxylic acid groups (broad SMARTS) is 1. The molecule has 29 heavy (non-hydrogen) atoms. The number of hydrazine groups is 1. The summed E-state index contributed by atoms with van der Waals surface area (Å²) in [6.07, 6.45) is -1.40. The molecule has 4 atom stereocenters. The second-order valence-electron chi connectivity index (χ2n) is 9.68. The Kier molecular flexibility index (Phi) is 5.17. The molecule has 3 rings (SSSR count). The van der Waals surface area contributed by atoms with E-state index in [0.717, 1.165) is 9.91 Å². The number of nitrogens with zero attached hydrogens (tertiary/aromatic N) is 2. The predicted molar refractivity (Wildman–Crippen MR) is 101 cm³/mol. The highest BCUT2D eigenvalue weighted by Gasteiger charge is 2.69. The van der Waals surface area contributed by atoms with Crippen molar-refractivity contribution < 1.29 is 29.0 Å². The first-order chi connectivity index (χ1) is 13.3. The fraction of sp³-hybridized carbons (Fsp3) is 0.789. The summed E-state index contributed by atoms with van der Waals surface area (Å²) < 4.78 is 5.37. The molecule has 3 N–H and O–H groups in total. The molecule has 0 radical (unpaired) electrons. The van der Waals surface area contributed by atoms with Crippen molar-refractivity contribution in [2.75, 3.05) is 19.6 Å². The van der Waals surface area contributed by atoms with Gasteiger partial charge in [-0.25, -0.2) is 14.6 Å². The smallest absolute Gasteiger partial charge is 0.429 e. The van der Waals surface area contributed by atoms with Crippen molar-refractivity contribution in [1.29, 1.82) is 0 Å². The van der Waals surface area contributed by atoms with Crippen LogP contribution in [0, 0.1) is 23.2 Å². The number of ether oxygens (including phenoxy) is 1. The Hall–Kier alpha value is -2.52. The van der Waals surface area contributed by atoms with Gasteiger partial charge in [0.1, 0.15) is 11.6 Å². The van der Waals surface area contributed by atoms with E-state index < -0.39 is 35.7 Å². The lowest BCUT2D eigenvalue weighted by atomic mass is 10.0. The van der Waals surface area contributed by atoms with Crippen molar-refractivity contribution >= 4 is 24.0 Å². The Morgan fingerprint density at radius 2 is 2.00 bits per heavy atom. The summed E-state index contributed by atoms with van der Waals surface area (Å²) in [7, 11) is 0. The second-order valence-corrected chi connectivity index (χ2v) is 9.68. The minimum Gasteiger partial charge on any atom is -0.465 e. The average Bonchev–Trinajstić information content (AvgIpc) is 2.97. The molecule has 0 aromatic rings. The summed E-state index contributed by atoms with van der Waals surface area (Å²) in [4.78, 5) is 50.4. The van der Waals surface area contributed by atoms with Crippen LogP contribution >= 0.6 is 0 Å². The zero-order valence-corrected chi connectivity index (χ0v) is 17.5. The summed E-state index contributed by atoms with van der Waals surface area (Å²) in [5, 5.41) is 13.2. The van der Waals surface area contributed by atoms with Crippen LogP contribution < -0.4 is 10.7 Å². The van der Waals surface area contributed by atoms with E-state index in [4.69, 9.17) is 4.74 Å². The number of carbonyl (C=O) groups is 4. The highest BCUT2D eigenvalue weighted by molar-refractivity contribution is 5.89. The van der Waals surface area contributed by atoms with Gasteiger partial charge in [0.25, 0.3) is 5.91 Å². The van der Waals surface area contributed by atoms with E-state index in [1.807, 2.05) is 13.8 Å². The molecule has 0 aromatic heterocycles. The molecule has 162 valence electrons. The lowest BCUT2D eigenvalue weighted by Gasteiger charge is -2.32. The molecule has 1 aliphatic carbocycles. The predicted octanol–water partition coefficient (Wildman–Crippen LogP) is 1.03. The summed E-state index contributed by atoms with van der Waals surface area (Å²) in [6.45, 7) is 9.89. The van der Waals surface area contributed by atoms with E-state index in [9.17, 15) is 24.3 Å². The van der Waals surface area contributed by atoms with E-state index >= 15 is 0 Å². The van der Waals surface area contributed by atoms with Gasteiger partial charge in [0.05, 0.1) is 12.5 Å². The third kappa shape index (κ3) is 4.11. The van der Waals surface area contributed by atoms with Gasteiger partial charge < -0.3 is 15.2 Å².